The van der Waals surface area contributed by atoms with Gasteiger partial charge in [-0.3, -0.25) is 0 Å². The first-order chi connectivity index (χ1) is 9.72. The fourth-order valence-electron chi connectivity index (χ4n) is 2.37. The van der Waals surface area contributed by atoms with Crippen molar-refractivity contribution in [2.45, 2.75) is 12.3 Å². The Labute approximate surface area is 129 Å². The number of likely N-dealkylation sites (N-methyl/N-ethyl adjacent to an activating group) is 1. The molecule has 106 valence electrons. The summed E-state index contributed by atoms with van der Waals surface area (Å²) in [5, 5.41) is 3.29. The lowest BCUT2D eigenvalue weighted by molar-refractivity contribution is 0.414. The van der Waals surface area contributed by atoms with Crippen LogP contribution in [0.15, 0.2) is 53.0 Å². The normalized spacial score (nSPS) is 12.2. The van der Waals surface area contributed by atoms with Crippen LogP contribution in [0.5, 0.6) is 5.75 Å². The minimum atomic E-state index is 0.459. The number of rotatable bonds is 6. The maximum Gasteiger partial charge on any atom is 0.119 e. The molecule has 0 aromatic heterocycles. The van der Waals surface area contributed by atoms with E-state index in [0.717, 1.165) is 23.2 Å². The minimum absolute atomic E-state index is 0.459. The Hall–Kier alpha value is -1.32. The van der Waals surface area contributed by atoms with Crippen molar-refractivity contribution in [1.82, 2.24) is 5.32 Å². The van der Waals surface area contributed by atoms with Gasteiger partial charge in [-0.05, 0) is 48.9 Å². The number of hydrogen-bond donors (Lipinski definition) is 1. The molecular formula is C17H20BrNO. The van der Waals surface area contributed by atoms with E-state index in [4.69, 9.17) is 4.74 Å². The van der Waals surface area contributed by atoms with E-state index >= 15 is 0 Å². The van der Waals surface area contributed by atoms with Crippen molar-refractivity contribution < 1.29 is 4.74 Å². The van der Waals surface area contributed by atoms with Crippen LogP contribution in [0.4, 0.5) is 0 Å². The molecule has 0 saturated carbocycles. The van der Waals surface area contributed by atoms with Gasteiger partial charge in [0.25, 0.3) is 0 Å². The average molecular weight is 334 g/mol. The van der Waals surface area contributed by atoms with Crippen LogP contribution in [0.25, 0.3) is 0 Å². The molecular weight excluding hydrogens is 314 g/mol. The van der Waals surface area contributed by atoms with Crippen LogP contribution in [0.2, 0.25) is 0 Å². The highest BCUT2D eigenvalue weighted by atomic mass is 79.9. The molecule has 20 heavy (non-hydrogen) atoms. The van der Waals surface area contributed by atoms with E-state index < -0.39 is 0 Å². The fraction of sp³-hybridized carbons (Fsp3) is 0.294. The van der Waals surface area contributed by atoms with Gasteiger partial charge in [-0.1, -0.05) is 40.2 Å². The molecule has 2 aromatic carbocycles. The number of nitrogens with one attached hydrogen (secondary N) is 1. The van der Waals surface area contributed by atoms with E-state index in [9.17, 15) is 0 Å². The molecule has 2 rings (SSSR count). The number of methoxy groups -OCH3 is 1. The van der Waals surface area contributed by atoms with Crippen molar-refractivity contribution in [3.63, 3.8) is 0 Å². The summed E-state index contributed by atoms with van der Waals surface area (Å²) in [6.07, 6.45) is 1.000. The van der Waals surface area contributed by atoms with E-state index in [-0.39, 0.29) is 0 Å². The van der Waals surface area contributed by atoms with Gasteiger partial charge in [0.05, 0.1) is 7.11 Å². The van der Waals surface area contributed by atoms with Gasteiger partial charge >= 0.3 is 0 Å². The molecule has 2 nitrogen and oxygen atoms in total. The van der Waals surface area contributed by atoms with Crippen LogP contribution in [0, 0.1) is 0 Å². The minimum Gasteiger partial charge on any atom is -0.497 e. The predicted molar refractivity (Wildman–Crippen MR) is 87.5 cm³/mol. The second kappa shape index (κ2) is 7.46. The molecule has 0 heterocycles. The first-order valence-corrected chi connectivity index (χ1v) is 7.55. The molecule has 0 aliphatic carbocycles. The number of halogens is 1. The van der Waals surface area contributed by atoms with E-state index in [1.54, 1.807) is 7.11 Å². The maximum absolute atomic E-state index is 5.30. The molecule has 1 N–H and O–H groups in total. The Balaban J connectivity index is 2.18. The third-order valence-electron chi connectivity index (χ3n) is 3.41. The second-order valence-corrected chi connectivity index (χ2v) is 5.78. The highest BCUT2D eigenvalue weighted by Crippen LogP contribution is 2.24. The van der Waals surface area contributed by atoms with Crippen LogP contribution in [0.1, 0.15) is 17.0 Å². The largest absolute Gasteiger partial charge is 0.497 e. The zero-order chi connectivity index (χ0) is 14.4. The molecule has 0 fully saturated rings. The van der Waals surface area contributed by atoms with Crippen molar-refractivity contribution >= 4 is 15.9 Å². The van der Waals surface area contributed by atoms with Crippen molar-refractivity contribution in [1.29, 1.82) is 0 Å². The van der Waals surface area contributed by atoms with Crippen LogP contribution in [0.3, 0.4) is 0 Å². The van der Waals surface area contributed by atoms with Crippen molar-refractivity contribution in [2.75, 3.05) is 20.7 Å². The summed E-state index contributed by atoms with van der Waals surface area (Å²) in [7, 11) is 3.70. The summed E-state index contributed by atoms with van der Waals surface area (Å²) in [6, 6.07) is 16.9. The third-order valence-corrected chi connectivity index (χ3v) is 3.94. The lowest BCUT2D eigenvalue weighted by atomic mass is 9.92. The summed E-state index contributed by atoms with van der Waals surface area (Å²) in [5.74, 6) is 1.38. The Morgan fingerprint density at radius 1 is 1.15 bits per heavy atom. The number of benzene rings is 2. The standard InChI is InChI=1S/C17H20BrNO/c1-19-12-15(14-6-8-16(18)9-7-14)10-13-4-3-5-17(11-13)20-2/h3-9,11,15,19H,10,12H2,1-2H3. The summed E-state index contributed by atoms with van der Waals surface area (Å²) in [6.45, 7) is 0.957. The van der Waals surface area contributed by atoms with Gasteiger partial charge in [0, 0.05) is 16.9 Å². The summed E-state index contributed by atoms with van der Waals surface area (Å²) in [4.78, 5) is 0. The SMILES string of the molecule is CNCC(Cc1cccc(OC)c1)c1ccc(Br)cc1. The average Bonchev–Trinajstić information content (AvgIpc) is 2.48. The summed E-state index contributed by atoms with van der Waals surface area (Å²) in [5.41, 5.74) is 2.65. The molecule has 0 amide bonds. The fourth-order valence-corrected chi connectivity index (χ4v) is 2.64. The van der Waals surface area contributed by atoms with Crippen LogP contribution in [-0.2, 0) is 6.42 Å². The van der Waals surface area contributed by atoms with E-state index in [2.05, 4.69) is 57.6 Å². The molecule has 2 aromatic rings. The van der Waals surface area contributed by atoms with E-state index in [0.29, 0.717) is 5.92 Å². The highest BCUT2D eigenvalue weighted by Gasteiger charge is 2.12. The van der Waals surface area contributed by atoms with Crippen LogP contribution >= 0.6 is 15.9 Å². The monoisotopic (exact) mass is 333 g/mol. The van der Waals surface area contributed by atoms with Gasteiger partial charge in [0.15, 0.2) is 0 Å². The van der Waals surface area contributed by atoms with Crippen LogP contribution in [-0.4, -0.2) is 20.7 Å². The molecule has 1 atom stereocenters. The Morgan fingerprint density at radius 3 is 2.55 bits per heavy atom. The van der Waals surface area contributed by atoms with Gasteiger partial charge in [-0.15, -0.1) is 0 Å². The first kappa shape index (κ1) is 15.1. The Kier molecular flexibility index (Phi) is 5.62. The smallest absolute Gasteiger partial charge is 0.119 e. The van der Waals surface area contributed by atoms with Gasteiger partial charge in [-0.2, -0.15) is 0 Å². The molecule has 0 aliphatic rings. The molecule has 0 aliphatic heterocycles. The lowest BCUT2D eigenvalue weighted by Crippen LogP contribution is -2.19. The second-order valence-electron chi connectivity index (χ2n) is 4.86. The van der Waals surface area contributed by atoms with Crippen LogP contribution < -0.4 is 10.1 Å². The van der Waals surface area contributed by atoms with Crippen molar-refractivity contribution in [2.24, 2.45) is 0 Å². The highest BCUT2D eigenvalue weighted by molar-refractivity contribution is 9.10. The molecule has 0 spiro atoms. The molecule has 0 bridgehead atoms. The van der Waals surface area contributed by atoms with Crippen molar-refractivity contribution in [3.8, 4) is 5.75 Å². The molecule has 1 unspecified atom stereocenters. The third kappa shape index (κ3) is 4.09. The van der Waals surface area contributed by atoms with E-state index in [1.807, 2.05) is 19.2 Å². The topological polar surface area (TPSA) is 21.3 Å². The van der Waals surface area contributed by atoms with Gasteiger partial charge < -0.3 is 10.1 Å². The summed E-state index contributed by atoms with van der Waals surface area (Å²) < 4.78 is 6.41. The zero-order valence-corrected chi connectivity index (χ0v) is 13.5. The quantitative estimate of drug-likeness (QED) is 0.862. The van der Waals surface area contributed by atoms with E-state index in [1.165, 1.54) is 11.1 Å². The van der Waals surface area contributed by atoms with Gasteiger partial charge in [0.2, 0.25) is 0 Å². The lowest BCUT2D eigenvalue weighted by Gasteiger charge is -2.17. The Morgan fingerprint density at radius 2 is 1.90 bits per heavy atom. The van der Waals surface area contributed by atoms with Gasteiger partial charge in [0.1, 0.15) is 5.75 Å². The first-order valence-electron chi connectivity index (χ1n) is 6.76. The predicted octanol–water partition coefficient (Wildman–Crippen LogP) is 4.00. The Bertz CT molecular complexity index is 539. The molecule has 3 heteroatoms. The van der Waals surface area contributed by atoms with Gasteiger partial charge in [-0.25, -0.2) is 0 Å². The molecule has 0 saturated heterocycles. The molecule has 0 radical (unpaired) electrons. The number of ether oxygens (including phenoxy) is 1. The zero-order valence-electron chi connectivity index (χ0n) is 11.9. The summed E-state index contributed by atoms with van der Waals surface area (Å²) >= 11 is 3.49. The maximum atomic E-state index is 5.30. The number of hydrogen-bond acceptors (Lipinski definition) is 2. The van der Waals surface area contributed by atoms with Crippen molar-refractivity contribution in [3.05, 3.63) is 64.1 Å².